The van der Waals surface area contributed by atoms with E-state index in [4.69, 9.17) is 4.98 Å². The third-order valence-electron chi connectivity index (χ3n) is 5.25. The molecule has 29 heavy (non-hydrogen) atoms. The van der Waals surface area contributed by atoms with E-state index < -0.39 is 0 Å². The van der Waals surface area contributed by atoms with Crippen molar-refractivity contribution < 1.29 is 4.79 Å². The SMILES string of the molecule is CCCc1cc(-c2nc(C)c(C(=O)N3CCN(c4ccccc4)CC3)s2)ccn1. The number of piperazine rings is 1. The van der Waals surface area contributed by atoms with Gasteiger partial charge in [0, 0.05) is 49.3 Å². The maximum absolute atomic E-state index is 13.1. The first-order chi connectivity index (χ1) is 14.2. The van der Waals surface area contributed by atoms with E-state index in [9.17, 15) is 4.79 Å². The highest BCUT2D eigenvalue weighted by Gasteiger charge is 2.25. The fourth-order valence-corrected chi connectivity index (χ4v) is 4.70. The van der Waals surface area contributed by atoms with Gasteiger partial charge in [0.1, 0.15) is 9.88 Å². The zero-order valence-corrected chi connectivity index (χ0v) is 17.8. The molecule has 150 valence electrons. The maximum Gasteiger partial charge on any atom is 0.265 e. The van der Waals surface area contributed by atoms with Gasteiger partial charge in [-0.1, -0.05) is 31.5 Å². The topological polar surface area (TPSA) is 49.3 Å². The molecule has 1 fully saturated rings. The summed E-state index contributed by atoms with van der Waals surface area (Å²) < 4.78 is 0. The summed E-state index contributed by atoms with van der Waals surface area (Å²) in [4.78, 5) is 27.3. The molecule has 0 spiro atoms. The Labute approximate surface area is 176 Å². The molecule has 3 aromatic rings. The largest absolute Gasteiger partial charge is 0.368 e. The van der Waals surface area contributed by atoms with Crippen molar-refractivity contribution in [2.24, 2.45) is 0 Å². The van der Waals surface area contributed by atoms with Crippen molar-refractivity contribution in [1.82, 2.24) is 14.9 Å². The number of aryl methyl sites for hydroxylation is 2. The molecule has 1 amide bonds. The van der Waals surface area contributed by atoms with Crippen LogP contribution < -0.4 is 4.90 Å². The quantitative estimate of drug-likeness (QED) is 0.629. The van der Waals surface area contributed by atoms with Gasteiger partial charge in [-0.25, -0.2) is 4.98 Å². The summed E-state index contributed by atoms with van der Waals surface area (Å²) in [7, 11) is 0. The van der Waals surface area contributed by atoms with Crippen LogP contribution >= 0.6 is 11.3 Å². The average Bonchev–Trinajstić information content (AvgIpc) is 3.16. The van der Waals surface area contributed by atoms with Crippen molar-refractivity contribution in [2.45, 2.75) is 26.7 Å². The summed E-state index contributed by atoms with van der Waals surface area (Å²) in [5.74, 6) is 0.0989. The number of rotatable bonds is 5. The molecule has 0 bridgehead atoms. The summed E-state index contributed by atoms with van der Waals surface area (Å²) in [6.07, 6.45) is 3.85. The molecule has 0 saturated carbocycles. The minimum atomic E-state index is 0.0989. The van der Waals surface area contributed by atoms with Gasteiger partial charge in [-0.2, -0.15) is 0 Å². The van der Waals surface area contributed by atoms with E-state index in [1.165, 1.54) is 17.0 Å². The van der Waals surface area contributed by atoms with Crippen molar-refractivity contribution in [1.29, 1.82) is 0 Å². The first-order valence-electron chi connectivity index (χ1n) is 10.2. The number of carbonyl (C=O) groups excluding carboxylic acids is 1. The molecule has 0 N–H and O–H groups in total. The van der Waals surface area contributed by atoms with Crippen LogP contribution in [0, 0.1) is 6.92 Å². The van der Waals surface area contributed by atoms with Crippen LogP contribution in [0.2, 0.25) is 0 Å². The number of aromatic nitrogens is 2. The first-order valence-corrected chi connectivity index (χ1v) is 11.0. The monoisotopic (exact) mass is 406 g/mol. The van der Waals surface area contributed by atoms with Crippen LogP contribution in [-0.2, 0) is 6.42 Å². The molecule has 5 nitrogen and oxygen atoms in total. The molecular formula is C23H26N4OS. The van der Waals surface area contributed by atoms with Crippen molar-refractivity contribution in [2.75, 3.05) is 31.1 Å². The van der Waals surface area contributed by atoms with Gasteiger partial charge >= 0.3 is 0 Å². The van der Waals surface area contributed by atoms with Crippen LogP contribution in [-0.4, -0.2) is 47.0 Å². The number of carbonyl (C=O) groups is 1. The summed E-state index contributed by atoms with van der Waals surface area (Å²) >= 11 is 1.49. The van der Waals surface area contributed by atoms with E-state index in [0.29, 0.717) is 0 Å². The van der Waals surface area contributed by atoms with Gasteiger partial charge in [0.2, 0.25) is 0 Å². The Morgan fingerprint density at radius 3 is 2.59 bits per heavy atom. The Bertz CT molecular complexity index is 978. The zero-order valence-electron chi connectivity index (χ0n) is 17.0. The van der Waals surface area contributed by atoms with Crippen molar-refractivity contribution in [3.05, 3.63) is 64.9 Å². The van der Waals surface area contributed by atoms with Gasteiger partial charge in [0.25, 0.3) is 5.91 Å². The zero-order chi connectivity index (χ0) is 20.2. The Morgan fingerprint density at radius 2 is 1.86 bits per heavy atom. The third kappa shape index (κ3) is 4.32. The Morgan fingerprint density at radius 1 is 1.10 bits per heavy atom. The fraction of sp³-hybridized carbons (Fsp3) is 0.348. The summed E-state index contributed by atoms with van der Waals surface area (Å²) in [5.41, 5.74) is 4.15. The number of hydrogen-bond acceptors (Lipinski definition) is 5. The number of hydrogen-bond donors (Lipinski definition) is 0. The minimum absolute atomic E-state index is 0.0989. The molecule has 2 aromatic heterocycles. The predicted octanol–water partition coefficient (Wildman–Crippen LogP) is 4.43. The second-order valence-corrected chi connectivity index (χ2v) is 8.33. The summed E-state index contributed by atoms with van der Waals surface area (Å²) in [6, 6.07) is 14.5. The summed E-state index contributed by atoms with van der Waals surface area (Å²) in [6.45, 7) is 7.25. The molecule has 1 aliphatic rings. The Kier molecular flexibility index (Phi) is 5.90. The molecule has 1 aliphatic heterocycles. The van der Waals surface area contributed by atoms with Crippen LogP contribution in [0.3, 0.4) is 0 Å². The second-order valence-electron chi connectivity index (χ2n) is 7.33. The van der Waals surface area contributed by atoms with Gasteiger partial charge in [-0.3, -0.25) is 9.78 Å². The lowest BCUT2D eigenvalue weighted by atomic mass is 10.2. The molecule has 0 radical (unpaired) electrons. The molecule has 0 unspecified atom stereocenters. The van der Waals surface area contributed by atoms with Gasteiger partial charge in [-0.15, -0.1) is 11.3 Å². The van der Waals surface area contributed by atoms with E-state index in [0.717, 1.165) is 65.9 Å². The highest BCUT2D eigenvalue weighted by Crippen LogP contribution is 2.29. The minimum Gasteiger partial charge on any atom is -0.368 e. The van der Waals surface area contributed by atoms with Crippen molar-refractivity contribution in [3.8, 4) is 10.6 Å². The molecule has 0 aliphatic carbocycles. The van der Waals surface area contributed by atoms with E-state index >= 15 is 0 Å². The van der Waals surface area contributed by atoms with E-state index in [1.54, 1.807) is 0 Å². The number of thiazole rings is 1. The van der Waals surface area contributed by atoms with E-state index in [2.05, 4.69) is 47.1 Å². The van der Waals surface area contributed by atoms with Crippen molar-refractivity contribution >= 4 is 22.9 Å². The molecule has 0 atom stereocenters. The van der Waals surface area contributed by atoms with Crippen molar-refractivity contribution in [3.63, 3.8) is 0 Å². The van der Waals surface area contributed by atoms with E-state index in [1.807, 2.05) is 30.2 Å². The number of nitrogens with zero attached hydrogens (tertiary/aromatic N) is 4. The highest BCUT2D eigenvalue weighted by atomic mass is 32.1. The van der Waals surface area contributed by atoms with Gasteiger partial charge < -0.3 is 9.80 Å². The number of amides is 1. The highest BCUT2D eigenvalue weighted by molar-refractivity contribution is 7.17. The van der Waals surface area contributed by atoms with Gasteiger partial charge in [0.15, 0.2) is 0 Å². The predicted molar refractivity (Wildman–Crippen MR) is 119 cm³/mol. The molecule has 4 rings (SSSR count). The number of anilines is 1. The van der Waals surface area contributed by atoms with Gasteiger partial charge in [-0.05, 0) is 37.6 Å². The normalized spacial score (nSPS) is 14.3. The summed E-state index contributed by atoms with van der Waals surface area (Å²) in [5, 5.41) is 0.897. The lowest BCUT2D eigenvalue weighted by molar-refractivity contribution is 0.0750. The van der Waals surface area contributed by atoms with Crippen LogP contribution in [0.5, 0.6) is 0 Å². The van der Waals surface area contributed by atoms with Crippen LogP contribution in [0.1, 0.15) is 34.4 Å². The molecule has 6 heteroatoms. The number of benzene rings is 1. The second kappa shape index (κ2) is 8.74. The van der Waals surface area contributed by atoms with Crippen LogP contribution in [0.15, 0.2) is 48.7 Å². The smallest absolute Gasteiger partial charge is 0.265 e. The fourth-order valence-electron chi connectivity index (χ4n) is 3.67. The van der Waals surface area contributed by atoms with Crippen LogP contribution in [0.4, 0.5) is 5.69 Å². The first kappa shape index (κ1) is 19.6. The number of para-hydroxylation sites is 1. The standard InChI is InChI=1S/C23H26N4OS/c1-3-7-19-16-18(10-11-24-19)22-25-17(2)21(29-22)23(28)27-14-12-26(13-15-27)20-8-5-4-6-9-20/h4-6,8-11,16H,3,7,12-15H2,1-2H3. The van der Waals surface area contributed by atoms with E-state index in [-0.39, 0.29) is 5.91 Å². The third-order valence-corrected chi connectivity index (χ3v) is 6.44. The van der Waals surface area contributed by atoms with Gasteiger partial charge in [0.05, 0.1) is 5.69 Å². The lowest BCUT2D eigenvalue weighted by Gasteiger charge is -2.36. The molecular weight excluding hydrogens is 380 g/mol. The van der Waals surface area contributed by atoms with Crippen LogP contribution in [0.25, 0.3) is 10.6 Å². The Balaban J connectivity index is 1.47. The Hall–Kier alpha value is -2.73. The average molecular weight is 407 g/mol. The number of pyridine rings is 1. The molecule has 3 heterocycles. The maximum atomic E-state index is 13.1. The molecule has 1 saturated heterocycles. The lowest BCUT2D eigenvalue weighted by Crippen LogP contribution is -2.48. The molecule has 1 aromatic carbocycles.